The van der Waals surface area contributed by atoms with Gasteiger partial charge in [-0.15, -0.1) is 12.4 Å². The molecule has 0 bridgehead atoms. The van der Waals surface area contributed by atoms with E-state index in [2.05, 4.69) is 42.6 Å². The van der Waals surface area contributed by atoms with Crippen LogP contribution in [-0.2, 0) is 6.54 Å². The van der Waals surface area contributed by atoms with Gasteiger partial charge >= 0.3 is 0 Å². The van der Waals surface area contributed by atoms with Crippen molar-refractivity contribution in [2.24, 2.45) is 0 Å². The normalized spacial score (nSPS) is 14.8. The molecule has 1 N–H and O–H groups in total. The Hall–Kier alpha value is -1.48. The highest BCUT2D eigenvalue weighted by atomic mass is 35.5. The summed E-state index contributed by atoms with van der Waals surface area (Å²) in [5, 5.41) is 5.61. The topological polar surface area (TPSA) is 25.2 Å². The van der Waals surface area contributed by atoms with Crippen LogP contribution in [0.15, 0.2) is 46.9 Å². The van der Waals surface area contributed by atoms with Crippen molar-refractivity contribution in [2.45, 2.75) is 45.2 Å². The maximum absolute atomic E-state index is 6.20. The van der Waals surface area contributed by atoms with Gasteiger partial charge < -0.3 is 9.73 Å². The van der Waals surface area contributed by atoms with E-state index in [0.717, 1.165) is 28.5 Å². The first-order valence-corrected chi connectivity index (χ1v) is 9.10. The third-order valence-electron chi connectivity index (χ3n) is 4.96. The van der Waals surface area contributed by atoms with Crippen LogP contribution in [0.2, 0.25) is 5.02 Å². The molecule has 1 fully saturated rings. The monoisotopic (exact) mass is 375 g/mol. The van der Waals surface area contributed by atoms with Gasteiger partial charge in [0.05, 0.1) is 6.54 Å². The van der Waals surface area contributed by atoms with Crippen molar-refractivity contribution >= 4 is 35.0 Å². The van der Waals surface area contributed by atoms with Gasteiger partial charge in [0.15, 0.2) is 0 Å². The quantitative estimate of drug-likeness (QED) is 0.561. The summed E-state index contributed by atoms with van der Waals surface area (Å²) in [5.74, 6) is 1.02. The predicted octanol–water partition coefficient (Wildman–Crippen LogP) is 6.52. The molecule has 4 rings (SSSR count). The maximum atomic E-state index is 6.20. The summed E-state index contributed by atoms with van der Waals surface area (Å²) >= 11 is 6.07. The largest absolute Gasteiger partial charge is 0.459 e. The number of fused-ring (bicyclic) bond motifs is 1. The molecule has 0 unspecified atom stereocenters. The zero-order valence-electron chi connectivity index (χ0n) is 14.3. The smallest absolute Gasteiger partial charge is 0.135 e. The highest BCUT2D eigenvalue weighted by Gasteiger charge is 2.19. The molecule has 132 valence electrons. The summed E-state index contributed by atoms with van der Waals surface area (Å²) in [4.78, 5) is 0. The molecule has 1 aliphatic rings. The fraction of sp³-hybridized carbons (Fsp3) is 0.333. The van der Waals surface area contributed by atoms with Gasteiger partial charge in [0.1, 0.15) is 11.3 Å². The van der Waals surface area contributed by atoms with Gasteiger partial charge in [0.2, 0.25) is 0 Å². The van der Waals surface area contributed by atoms with Crippen LogP contribution in [0.3, 0.4) is 0 Å². The Bertz CT molecular complexity index is 848. The highest BCUT2D eigenvalue weighted by molar-refractivity contribution is 6.30. The van der Waals surface area contributed by atoms with E-state index in [9.17, 15) is 0 Å². The Morgan fingerprint density at radius 2 is 1.80 bits per heavy atom. The van der Waals surface area contributed by atoms with E-state index >= 15 is 0 Å². The minimum atomic E-state index is 0. The molecule has 0 radical (unpaired) electrons. The Morgan fingerprint density at radius 1 is 1.08 bits per heavy atom. The van der Waals surface area contributed by atoms with Gasteiger partial charge in [-0.3, -0.25) is 0 Å². The minimum absolute atomic E-state index is 0. The van der Waals surface area contributed by atoms with Crippen molar-refractivity contribution in [3.8, 4) is 11.1 Å². The summed E-state index contributed by atoms with van der Waals surface area (Å²) in [5.41, 5.74) is 4.55. The van der Waals surface area contributed by atoms with Gasteiger partial charge in [0, 0.05) is 22.0 Å². The minimum Gasteiger partial charge on any atom is -0.459 e. The molecule has 4 heteroatoms. The van der Waals surface area contributed by atoms with Crippen LogP contribution in [0.5, 0.6) is 0 Å². The van der Waals surface area contributed by atoms with Crippen LogP contribution >= 0.6 is 24.0 Å². The molecule has 1 aromatic heterocycles. The predicted molar refractivity (Wildman–Crippen MR) is 108 cm³/mol. The Kier molecular flexibility index (Phi) is 5.73. The molecule has 2 aromatic carbocycles. The molecule has 0 aliphatic heterocycles. The van der Waals surface area contributed by atoms with Crippen LogP contribution in [0.25, 0.3) is 22.1 Å². The average molecular weight is 376 g/mol. The van der Waals surface area contributed by atoms with E-state index in [0.29, 0.717) is 6.04 Å². The molecule has 0 spiro atoms. The number of benzene rings is 2. The van der Waals surface area contributed by atoms with E-state index in [1.54, 1.807) is 0 Å². The molecule has 25 heavy (non-hydrogen) atoms. The van der Waals surface area contributed by atoms with Gasteiger partial charge in [-0.05, 0) is 49.6 Å². The van der Waals surface area contributed by atoms with Crippen LogP contribution < -0.4 is 5.32 Å². The van der Waals surface area contributed by atoms with Gasteiger partial charge in [-0.2, -0.15) is 0 Å². The lowest BCUT2D eigenvalue weighted by atomic mass is 10.0. The molecular formula is C21H23Cl2NO. The van der Waals surface area contributed by atoms with Crippen LogP contribution in [0.1, 0.15) is 37.0 Å². The Balaban J connectivity index is 0.00000182. The molecule has 2 nitrogen and oxygen atoms in total. The van der Waals surface area contributed by atoms with Crippen molar-refractivity contribution in [3.05, 3.63) is 58.8 Å². The molecule has 0 saturated heterocycles. The molecule has 1 heterocycles. The first-order valence-electron chi connectivity index (χ1n) is 8.72. The standard InChI is InChI=1S/C21H22ClNO.ClH/c1-14-6-11-19-18(12-14)21(15-7-9-16(22)10-8-15)20(24-19)13-23-17-4-2-3-5-17;/h6-12,17,23H,2-5,13H2,1H3;1H. The molecule has 1 saturated carbocycles. The van der Waals surface area contributed by atoms with E-state index in [4.69, 9.17) is 16.0 Å². The maximum Gasteiger partial charge on any atom is 0.135 e. The van der Waals surface area contributed by atoms with E-state index in [-0.39, 0.29) is 12.4 Å². The van der Waals surface area contributed by atoms with Gasteiger partial charge in [-0.25, -0.2) is 0 Å². The molecular weight excluding hydrogens is 353 g/mol. The second-order valence-electron chi connectivity index (χ2n) is 6.77. The lowest BCUT2D eigenvalue weighted by molar-refractivity contribution is 0.464. The summed E-state index contributed by atoms with van der Waals surface area (Å²) in [7, 11) is 0. The third-order valence-corrected chi connectivity index (χ3v) is 5.21. The van der Waals surface area contributed by atoms with Crippen molar-refractivity contribution < 1.29 is 4.42 Å². The molecule has 0 amide bonds. The number of nitrogens with one attached hydrogen (secondary N) is 1. The number of rotatable bonds is 4. The van der Waals surface area contributed by atoms with Crippen LogP contribution in [-0.4, -0.2) is 6.04 Å². The molecule has 3 aromatic rings. The lowest BCUT2D eigenvalue weighted by Gasteiger charge is -2.11. The zero-order valence-corrected chi connectivity index (χ0v) is 15.9. The van der Waals surface area contributed by atoms with Crippen molar-refractivity contribution in [1.82, 2.24) is 5.32 Å². The summed E-state index contributed by atoms with van der Waals surface area (Å²) < 4.78 is 6.20. The molecule has 1 aliphatic carbocycles. The summed E-state index contributed by atoms with van der Waals surface area (Å²) in [6.07, 6.45) is 5.22. The van der Waals surface area contributed by atoms with Gasteiger partial charge in [-0.1, -0.05) is 48.2 Å². The van der Waals surface area contributed by atoms with Crippen molar-refractivity contribution in [1.29, 1.82) is 0 Å². The van der Waals surface area contributed by atoms with Crippen molar-refractivity contribution in [3.63, 3.8) is 0 Å². The Labute approximate surface area is 160 Å². The highest BCUT2D eigenvalue weighted by Crippen LogP contribution is 2.36. The number of halogens is 2. The first kappa shape index (κ1) is 18.3. The number of aryl methyl sites for hydroxylation is 1. The fourth-order valence-electron chi connectivity index (χ4n) is 3.69. The van der Waals surface area contributed by atoms with Gasteiger partial charge in [0.25, 0.3) is 0 Å². The first-order chi connectivity index (χ1) is 11.7. The Morgan fingerprint density at radius 3 is 2.52 bits per heavy atom. The number of hydrogen-bond donors (Lipinski definition) is 1. The average Bonchev–Trinajstić information content (AvgIpc) is 3.21. The third kappa shape index (κ3) is 3.87. The number of furan rings is 1. The summed E-state index contributed by atoms with van der Waals surface area (Å²) in [6, 6.07) is 15.1. The fourth-order valence-corrected chi connectivity index (χ4v) is 3.81. The second-order valence-corrected chi connectivity index (χ2v) is 7.21. The second kappa shape index (κ2) is 7.82. The SMILES string of the molecule is Cc1ccc2oc(CNC3CCCC3)c(-c3ccc(Cl)cc3)c2c1.Cl. The zero-order chi connectivity index (χ0) is 16.5. The van der Waals surface area contributed by atoms with E-state index < -0.39 is 0 Å². The van der Waals surface area contributed by atoms with Crippen molar-refractivity contribution in [2.75, 3.05) is 0 Å². The summed E-state index contributed by atoms with van der Waals surface area (Å²) in [6.45, 7) is 2.89. The molecule has 0 atom stereocenters. The van der Waals surface area contributed by atoms with E-state index in [1.165, 1.54) is 42.2 Å². The van der Waals surface area contributed by atoms with E-state index in [1.807, 2.05) is 12.1 Å². The van der Waals surface area contributed by atoms with Crippen LogP contribution in [0, 0.1) is 6.92 Å². The lowest BCUT2D eigenvalue weighted by Crippen LogP contribution is -2.25. The number of hydrogen-bond acceptors (Lipinski definition) is 2. The van der Waals surface area contributed by atoms with Crippen LogP contribution in [0.4, 0.5) is 0 Å².